The molecule has 1 aromatic rings. The Morgan fingerprint density at radius 3 is 2.57 bits per heavy atom. The third-order valence-corrected chi connectivity index (χ3v) is 6.38. The molecule has 0 spiro atoms. The summed E-state index contributed by atoms with van der Waals surface area (Å²) in [5.41, 5.74) is 1.09. The Labute approximate surface area is 176 Å². The molecule has 0 aliphatic carbocycles. The Morgan fingerprint density at radius 2 is 1.80 bits per heavy atom. The maximum atomic E-state index is 10.6. The van der Waals surface area contributed by atoms with Crippen LogP contribution in [0.2, 0.25) is 0 Å². The average Bonchev–Trinajstić information content (AvgIpc) is 3.35. The molecule has 0 saturated carbocycles. The lowest BCUT2D eigenvalue weighted by Crippen LogP contribution is -2.31. The topological polar surface area (TPSA) is 99.5 Å². The van der Waals surface area contributed by atoms with Gasteiger partial charge < -0.3 is 24.8 Å². The van der Waals surface area contributed by atoms with Gasteiger partial charge in [0.15, 0.2) is 0 Å². The average molecular weight is 414 g/mol. The maximum Gasteiger partial charge on any atom is 0.303 e. The van der Waals surface area contributed by atoms with E-state index in [1.807, 2.05) is 18.2 Å². The first kappa shape index (κ1) is 21.1. The van der Waals surface area contributed by atoms with Crippen LogP contribution in [-0.2, 0) is 20.7 Å². The van der Waals surface area contributed by atoms with Gasteiger partial charge in [0.05, 0.1) is 18.3 Å². The zero-order chi connectivity index (χ0) is 21.1. The quantitative estimate of drug-likeness (QED) is 0.292. The normalized spacial score (nSPS) is 32.7. The largest absolute Gasteiger partial charge is 0.508 e. The fourth-order valence-electron chi connectivity index (χ4n) is 4.73. The van der Waals surface area contributed by atoms with Gasteiger partial charge in [0, 0.05) is 18.3 Å². The maximum absolute atomic E-state index is 10.6. The van der Waals surface area contributed by atoms with Crippen molar-refractivity contribution in [1.82, 2.24) is 0 Å². The Balaban J connectivity index is 1.28. The molecule has 3 saturated heterocycles. The molecule has 162 valence electrons. The molecule has 7 atom stereocenters. The lowest BCUT2D eigenvalue weighted by molar-refractivity contribution is -0.137. The number of unbranched alkanes of at least 4 members (excludes halogenated alkanes) is 1. The summed E-state index contributed by atoms with van der Waals surface area (Å²) < 4.78 is 11.9. The fourth-order valence-corrected chi connectivity index (χ4v) is 4.73. The predicted octanol–water partition coefficient (Wildman–Crippen LogP) is 3.22. The second-order valence-corrected chi connectivity index (χ2v) is 8.52. The van der Waals surface area contributed by atoms with Gasteiger partial charge in [-0.25, -0.2) is 0 Å². The smallest absolute Gasteiger partial charge is 0.303 e. The van der Waals surface area contributed by atoms with Crippen LogP contribution in [0.5, 0.6) is 5.75 Å². The molecule has 3 heterocycles. The summed E-state index contributed by atoms with van der Waals surface area (Å²) in [5, 5.41) is 28.5. The molecule has 30 heavy (non-hydrogen) atoms. The lowest BCUT2D eigenvalue weighted by Gasteiger charge is -2.22. The van der Waals surface area contributed by atoms with Gasteiger partial charge in [-0.1, -0.05) is 36.4 Å². The van der Waals surface area contributed by atoms with Gasteiger partial charge in [0.1, 0.15) is 18.0 Å². The minimum Gasteiger partial charge on any atom is -0.508 e. The van der Waals surface area contributed by atoms with Crippen molar-refractivity contribution in [2.24, 2.45) is 11.8 Å². The van der Waals surface area contributed by atoms with Gasteiger partial charge in [0.2, 0.25) is 0 Å². The number of phenolic OH excluding ortho intramolecular Hbond substituents is 1. The van der Waals surface area contributed by atoms with E-state index in [4.69, 9.17) is 14.6 Å². The van der Waals surface area contributed by atoms with Gasteiger partial charge in [-0.3, -0.25) is 4.79 Å². The summed E-state index contributed by atoms with van der Waals surface area (Å²) in [7, 11) is 0. The third kappa shape index (κ3) is 4.94. The number of benzene rings is 1. The number of aryl methyl sites for hydroxylation is 1. The minimum atomic E-state index is -0.754. The van der Waals surface area contributed by atoms with Gasteiger partial charge in [0.25, 0.3) is 0 Å². The highest BCUT2D eigenvalue weighted by Gasteiger charge is 2.68. The molecule has 0 aromatic heterocycles. The van der Waals surface area contributed by atoms with E-state index in [2.05, 4.69) is 18.2 Å². The van der Waals surface area contributed by atoms with E-state index < -0.39 is 12.1 Å². The molecule has 4 rings (SSSR count). The van der Waals surface area contributed by atoms with Gasteiger partial charge in [-0.05, 0) is 49.8 Å². The molecule has 3 aliphatic heterocycles. The zero-order valence-electron chi connectivity index (χ0n) is 17.0. The number of phenols is 1. The molecule has 1 aromatic carbocycles. The Kier molecular flexibility index (Phi) is 6.56. The van der Waals surface area contributed by atoms with Crippen LogP contribution in [0.25, 0.3) is 0 Å². The zero-order valence-corrected chi connectivity index (χ0v) is 17.0. The van der Waals surface area contributed by atoms with Crippen molar-refractivity contribution in [2.45, 2.75) is 69.0 Å². The Hall–Kier alpha value is -2.15. The van der Waals surface area contributed by atoms with Crippen molar-refractivity contribution in [1.29, 1.82) is 0 Å². The van der Waals surface area contributed by atoms with Crippen molar-refractivity contribution in [3.8, 4) is 5.75 Å². The van der Waals surface area contributed by atoms with Crippen molar-refractivity contribution in [2.75, 3.05) is 0 Å². The van der Waals surface area contributed by atoms with Crippen LogP contribution in [0.15, 0.2) is 48.6 Å². The number of carboxylic acids is 1. The molecule has 3 N–H and O–H groups in total. The summed E-state index contributed by atoms with van der Waals surface area (Å²) in [5.74, 6) is 0.0508. The van der Waals surface area contributed by atoms with E-state index in [-0.39, 0.29) is 42.5 Å². The van der Waals surface area contributed by atoms with Crippen molar-refractivity contribution in [3.63, 3.8) is 0 Å². The number of fused-ring (bicyclic) bond motifs is 5. The summed E-state index contributed by atoms with van der Waals surface area (Å²) in [4.78, 5) is 10.6. The first-order chi connectivity index (χ1) is 14.5. The molecule has 7 unspecified atom stereocenters. The van der Waals surface area contributed by atoms with Crippen LogP contribution in [0.1, 0.15) is 37.7 Å². The number of ether oxygens (including phenoxy) is 2. The highest BCUT2D eigenvalue weighted by Crippen LogP contribution is 2.55. The van der Waals surface area contributed by atoms with Crippen LogP contribution >= 0.6 is 0 Å². The van der Waals surface area contributed by atoms with Crippen LogP contribution < -0.4 is 0 Å². The van der Waals surface area contributed by atoms with Crippen LogP contribution in [0.3, 0.4) is 0 Å². The summed E-state index contributed by atoms with van der Waals surface area (Å²) in [6, 6.07) is 7.07. The van der Waals surface area contributed by atoms with E-state index in [1.54, 1.807) is 12.1 Å². The number of aliphatic carboxylic acids is 1. The van der Waals surface area contributed by atoms with Crippen LogP contribution in [-0.4, -0.2) is 51.8 Å². The fraction of sp³-hybridized carbons (Fsp3) is 0.542. The van der Waals surface area contributed by atoms with E-state index in [0.29, 0.717) is 18.8 Å². The summed E-state index contributed by atoms with van der Waals surface area (Å²) in [6.07, 6.45) is 12.2. The Bertz CT molecular complexity index is 785. The van der Waals surface area contributed by atoms with Gasteiger partial charge in [-0.2, -0.15) is 0 Å². The molecule has 0 radical (unpaired) electrons. The highest BCUT2D eigenvalue weighted by atomic mass is 16.7. The van der Waals surface area contributed by atoms with Crippen molar-refractivity contribution >= 4 is 5.97 Å². The summed E-state index contributed by atoms with van der Waals surface area (Å²) >= 11 is 0. The number of aliphatic hydroxyl groups excluding tert-OH is 1. The SMILES string of the molecule is O=C(O)CCC/C=C/CC1C(/C=C/C(O)CCc2ccc(O)cc2)C2OC1C1OC21. The molecule has 6 nitrogen and oxygen atoms in total. The van der Waals surface area contributed by atoms with Crippen molar-refractivity contribution < 1.29 is 29.6 Å². The molecular weight excluding hydrogens is 384 g/mol. The first-order valence-corrected chi connectivity index (χ1v) is 10.8. The number of carboxylic acid groups (broad SMARTS) is 1. The number of hydrogen-bond donors (Lipinski definition) is 3. The number of aliphatic hydroxyl groups is 1. The van der Waals surface area contributed by atoms with Crippen LogP contribution in [0.4, 0.5) is 0 Å². The second-order valence-electron chi connectivity index (χ2n) is 8.52. The number of hydrogen-bond acceptors (Lipinski definition) is 5. The number of aromatic hydroxyl groups is 1. The molecule has 2 bridgehead atoms. The standard InChI is InChI=1S/C24H30O6/c25-16-10-7-15(8-11-16)9-12-17(26)13-14-19-18(5-3-1-2-4-6-20(27)28)21-23-24(30-23)22(19)29-21/h1,3,7-8,10-11,13-14,17-19,21-26H,2,4-6,9,12H2,(H,27,28)/b3-1+,14-13+. The minimum absolute atomic E-state index is 0.0750. The Morgan fingerprint density at radius 1 is 1.07 bits per heavy atom. The number of rotatable bonds is 11. The molecule has 6 heteroatoms. The predicted molar refractivity (Wildman–Crippen MR) is 111 cm³/mol. The molecule has 3 aliphatic rings. The van der Waals surface area contributed by atoms with Gasteiger partial charge >= 0.3 is 5.97 Å². The van der Waals surface area contributed by atoms with E-state index in [1.165, 1.54) is 0 Å². The van der Waals surface area contributed by atoms with Gasteiger partial charge in [-0.15, -0.1) is 0 Å². The van der Waals surface area contributed by atoms with E-state index >= 15 is 0 Å². The van der Waals surface area contributed by atoms with E-state index in [0.717, 1.165) is 24.8 Å². The third-order valence-electron chi connectivity index (χ3n) is 6.38. The highest BCUT2D eigenvalue weighted by molar-refractivity contribution is 5.66. The summed E-state index contributed by atoms with van der Waals surface area (Å²) in [6.45, 7) is 0. The molecular formula is C24H30O6. The first-order valence-electron chi connectivity index (χ1n) is 10.8. The van der Waals surface area contributed by atoms with Crippen LogP contribution in [0, 0.1) is 11.8 Å². The lowest BCUT2D eigenvalue weighted by atomic mass is 9.77. The van der Waals surface area contributed by atoms with Crippen molar-refractivity contribution in [3.05, 3.63) is 54.1 Å². The molecule has 0 amide bonds. The second kappa shape index (κ2) is 9.33. The number of allylic oxidation sites excluding steroid dienone is 2. The molecule has 3 fully saturated rings. The number of carbonyl (C=O) groups is 1. The monoisotopic (exact) mass is 414 g/mol. The number of epoxide rings is 1. The van der Waals surface area contributed by atoms with E-state index in [9.17, 15) is 15.0 Å².